The van der Waals surface area contributed by atoms with E-state index in [1.54, 1.807) is 19.6 Å². The summed E-state index contributed by atoms with van der Waals surface area (Å²) in [5.41, 5.74) is -0.479. The van der Waals surface area contributed by atoms with Crippen LogP contribution in [0.1, 0.15) is 27.2 Å². The van der Waals surface area contributed by atoms with E-state index in [4.69, 9.17) is 4.74 Å². The van der Waals surface area contributed by atoms with Crippen LogP contribution in [0.25, 0.3) is 0 Å². The van der Waals surface area contributed by atoms with Crippen LogP contribution in [0.5, 0.6) is 0 Å². The van der Waals surface area contributed by atoms with Crippen LogP contribution in [0.15, 0.2) is 23.7 Å². The molecule has 0 aromatic carbocycles. The maximum absolute atomic E-state index is 11.9. The van der Waals surface area contributed by atoms with Gasteiger partial charge in [0, 0.05) is 45.6 Å². The normalized spacial score (nSPS) is 18.6. The third kappa shape index (κ3) is 5.75. The molecule has 8 nitrogen and oxygen atoms in total. The minimum Gasteiger partial charge on any atom is -0.444 e. The van der Waals surface area contributed by atoms with E-state index >= 15 is 0 Å². The van der Waals surface area contributed by atoms with Gasteiger partial charge in [0.2, 0.25) is 0 Å². The number of imidazole rings is 1. The molecule has 1 saturated heterocycles. The average Bonchev–Trinajstić information content (AvgIpc) is 3.13. The lowest BCUT2D eigenvalue weighted by molar-refractivity contribution is 0.0507. The van der Waals surface area contributed by atoms with Crippen LogP contribution in [-0.2, 0) is 11.3 Å². The maximum atomic E-state index is 11.9. The molecule has 1 fully saturated rings. The predicted octanol–water partition coefficient (Wildman–Crippen LogP) is 1.06. The first-order chi connectivity index (χ1) is 11.4. The molecule has 2 heterocycles. The number of likely N-dealkylation sites (tertiary alicyclic amines) is 1. The largest absolute Gasteiger partial charge is 0.444 e. The zero-order valence-corrected chi connectivity index (χ0v) is 15.0. The van der Waals surface area contributed by atoms with Crippen molar-refractivity contribution in [1.29, 1.82) is 0 Å². The number of alkyl carbamates (subject to hydrolysis) is 1. The second-order valence-electron chi connectivity index (χ2n) is 6.85. The number of nitrogens with one attached hydrogen (secondary N) is 2. The summed E-state index contributed by atoms with van der Waals surface area (Å²) in [6.07, 6.45) is 6.00. The minimum atomic E-state index is -0.479. The van der Waals surface area contributed by atoms with Crippen molar-refractivity contribution in [2.45, 2.75) is 45.4 Å². The average molecular weight is 336 g/mol. The topological polar surface area (TPSA) is 83.8 Å². The van der Waals surface area contributed by atoms with Crippen LogP contribution in [0, 0.1) is 0 Å². The molecule has 1 unspecified atom stereocenters. The summed E-state index contributed by atoms with van der Waals surface area (Å²) in [5, 5.41) is 6.27. The van der Waals surface area contributed by atoms with E-state index in [1.807, 2.05) is 31.5 Å². The van der Waals surface area contributed by atoms with Gasteiger partial charge in [-0.05, 0) is 27.2 Å². The van der Waals surface area contributed by atoms with Crippen LogP contribution in [0.4, 0.5) is 4.79 Å². The Balaban J connectivity index is 1.75. The van der Waals surface area contributed by atoms with Crippen molar-refractivity contribution >= 4 is 12.1 Å². The number of carbonyl (C=O) groups excluding carboxylic acids is 1. The Morgan fingerprint density at radius 2 is 2.25 bits per heavy atom. The Morgan fingerprint density at radius 3 is 2.88 bits per heavy atom. The van der Waals surface area contributed by atoms with E-state index in [9.17, 15) is 4.79 Å². The Labute approximate surface area is 143 Å². The summed E-state index contributed by atoms with van der Waals surface area (Å²) < 4.78 is 7.32. The highest BCUT2D eigenvalue weighted by atomic mass is 16.6. The second-order valence-corrected chi connectivity index (χ2v) is 6.85. The maximum Gasteiger partial charge on any atom is 0.407 e. The smallest absolute Gasteiger partial charge is 0.407 e. The van der Waals surface area contributed by atoms with Gasteiger partial charge in [-0.15, -0.1) is 0 Å². The van der Waals surface area contributed by atoms with E-state index in [0.717, 1.165) is 38.6 Å². The van der Waals surface area contributed by atoms with Crippen molar-refractivity contribution in [1.82, 2.24) is 25.1 Å². The number of aromatic nitrogens is 2. The molecule has 0 bridgehead atoms. The summed E-state index contributed by atoms with van der Waals surface area (Å²) in [5.74, 6) is 0.851. The Morgan fingerprint density at radius 1 is 1.46 bits per heavy atom. The number of aliphatic imine (C=N–C) groups is 1. The van der Waals surface area contributed by atoms with Crippen molar-refractivity contribution < 1.29 is 9.53 Å². The van der Waals surface area contributed by atoms with Gasteiger partial charge < -0.3 is 24.8 Å². The molecule has 0 saturated carbocycles. The summed E-state index contributed by atoms with van der Waals surface area (Å²) in [4.78, 5) is 22.4. The number of hydrogen-bond donors (Lipinski definition) is 2. The Hall–Kier alpha value is -2.25. The Bertz CT molecular complexity index is 549. The third-order valence-corrected chi connectivity index (χ3v) is 3.63. The molecular weight excluding hydrogens is 308 g/mol. The van der Waals surface area contributed by atoms with Gasteiger partial charge in [-0.25, -0.2) is 9.78 Å². The summed E-state index contributed by atoms with van der Waals surface area (Å²) in [6, 6.07) is 0.0760. The third-order valence-electron chi connectivity index (χ3n) is 3.63. The number of carbonyl (C=O) groups is 1. The molecule has 0 aliphatic carbocycles. The highest BCUT2D eigenvalue weighted by molar-refractivity contribution is 5.80. The lowest BCUT2D eigenvalue weighted by atomic mass is 10.2. The van der Waals surface area contributed by atoms with Gasteiger partial charge in [0.15, 0.2) is 5.96 Å². The molecule has 1 amide bonds. The number of amides is 1. The molecule has 1 aromatic heterocycles. The first-order valence-corrected chi connectivity index (χ1v) is 8.28. The first kappa shape index (κ1) is 18.1. The standard InChI is InChI=1S/C16H28N6O2/c1-16(2,3)24-15(23)20-13-5-8-22(11-13)14(17-4)19-7-10-21-9-6-18-12-21/h6,9,12-13H,5,7-8,10-11H2,1-4H3,(H,17,19)(H,20,23). The minimum absolute atomic E-state index is 0.0760. The molecule has 0 spiro atoms. The monoisotopic (exact) mass is 336 g/mol. The van der Waals surface area contributed by atoms with Gasteiger partial charge >= 0.3 is 6.09 Å². The van der Waals surface area contributed by atoms with Crippen molar-refractivity contribution in [3.05, 3.63) is 18.7 Å². The molecule has 2 N–H and O–H groups in total. The quantitative estimate of drug-likeness (QED) is 0.634. The molecule has 134 valence electrons. The van der Waals surface area contributed by atoms with E-state index in [1.165, 1.54) is 0 Å². The van der Waals surface area contributed by atoms with Crippen molar-refractivity contribution in [2.24, 2.45) is 4.99 Å². The first-order valence-electron chi connectivity index (χ1n) is 8.28. The highest BCUT2D eigenvalue weighted by Gasteiger charge is 2.27. The van der Waals surface area contributed by atoms with Gasteiger partial charge in [-0.3, -0.25) is 4.99 Å². The molecule has 2 rings (SSSR count). The summed E-state index contributed by atoms with van der Waals surface area (Å²) >= 11 is 0. The van der Waals surface area contributed by atoms with Crippen molar-refractivity contribution in [3.63, 3.8) is 0 Å². The number of hydrogen-bond acceptors (Lipinski definition) is 4. The highest BCUT2D eigenvalue weighted by Crippen LogP contribution is 2.11. The number of nitrogens with zero attached hydrogens (tertiary/aromatic N) is 4. The van der Waals surface area contributed by atoms with E-state index in [2.05, 4.69) is 25.5 Å². The fourth-order valence-corrected chi connectivity index (χ4v) is 2.59. The molecule has 1 aliphatic heterocycles. The van der Waals surface area contributed by atoms with E-state index in [0.29, 0.717) is 0 Å². The van der Waals surface area contributed by atoms with Crippen molar-refractivity contribution in [2.75, 3.05) is 26.7 Å². The number of ether oxygens (including phenoxy) is 1. The predicted molar refractivity (Wildman–Crippen MR) is 92.9 cm³/mol. The fourth-order valence-electron chi connectivity index (χ4n) is 2.59. The number of rotatable bonds is 4. The molecule has 0 radical (unpaired) electrons. The van der Waals surface area contributed by atoms with Crippen LogP contribution in [-0.4, -0.2) is 64.8 Å². The van der Waals surface area contributed by atoms with E-state index < -0.39 is 5.60 Å². The molecular formula is C16H28N6O2. The lowest BCUT2D eigenvalue weighted by Crippen LogP contribution is -2.44. The van der Waals surface area contributed by atoms with Crippen LogP contribution < -0.4 is 10.6 Å². The second kappa shape index (κ2) is 8.03. The van der Waals surface area contributed by atoms with Crippen LogP contribution in [0.3, 0.4) is 0 Å². The van der Waals surface area contributed by atoms with Gasteiger partial charge in [0.05, 0.1) is 12.4 Å². The Kier molecular flexibility index (Phi) is 6.05. The number of guanidine groups is 1. The fraction of sp³-hybridized carbons (Fsp3) is 0.688. The van der Waals surface area contributed by atoms with Gasteiger partial charge in [-0.2, -0.15) is 0 Å². The van der Waals surface area contributed by atoms with Crippen LogP contribution >= 0.6 is 0 Å². The van der Waals surface area contributed by atoms with E-state index in [-0.39, 0.29) is 12.1 Å². The molecule has 1 atom stereocenters. The summed E-state index contributed by atoms with van der Waals surface area (Å²) in [6.45, 7) is 8.75. The van der Waals surface area contributed by atoms with Crippen LogP contribution in [0.2, 0.25) is 0 Å². The van der Waals surface area contributed by atoms with Gasteiger partial charge in [0.1, 0.15) is 5.60 Å². The molecule has 1 aromatic rings. The SMILES string of the molecule is CN=C(NCCn1ccnc1)N1CCC(NC(=O)OC(C)(C)C)C1. The zero-order chi connectivity index (χ0) is 17.6. The van der Waals surface area contributed by atoms with Crippen molar-refractivity contribution in [3.8, 4) is 0 Å². The zero-order valence-electron chi connectivity index (χ0n) is 15.0. The molecule has 24 heavy (non-hydrogen) atoms. The van der Waals surface area contributed by atoms with Gasteiger partial charge in [0.25, 0.3) is 0 Å². The molecule has 8 heteroatoms. The lowest BCUT2D eigenvalue weighted by Gasteiger charge is -2.23. The van der Waals surface area contributed by atoms with Gasteiger partial charge in [-0.1, -0.05) is 0 Å². The summed E-state index contributed by atoms with van der Waals surface area (Å²) in [7, 11) is 1.77. The molecule has 1 aliphatic rings.